The summed E-state index contributed by atoms with van der Waals surface area (Å²) in [6.07, 6.45) is 0. The Kier molecular flexibility index (Phi) is 3.27. The first kappa shape index (κ1) is 13.8. The Bertz CT molecular complexity index is 861. The highest BCUT2D eigenvalue weighted by molar-refractivity contribution is 7.14. The van der Waals surface area contributed by atoms with Crippen LogP contribution in [0.15, 0.2) is 35.7 Å². The number of nitrogens with two attached hydrogens (primary N) is 2. The molecular formula is C16H14N4O2S. The van der Waals surface area contributed by atoms with Gasteiger partial charge in [0.25, 0.3) is 0 Å². The Morgan fingerprint density at radius 3 is 2.52 bits per heavy atom. The minimum absolute atomic E-state index is 0.216. The van der Waals surface area contributed by atoms with E-state index >= 15 is 0 Å². The van der Waals surface area contributed by atoms with Gasteiger partial charge in [-0.05, 0) is 18.2 Å². The van der Waals surface area contributed by atoms with Crippen LogP contribution in [-0.4, -0.2) is 23.2 Å². The van der Waals surface area contributed by atoms with E-state index in [4.69, 9.17) is 20.9 Å². The zero-order valence-corrected chi connectivity index (χ0v) is 13.0. The number of fused-ring (bicyclic) bond motifs is 1. The van der Waals surface area contributed by atoms with Crippen LogP contribution in [0.4, 0.5) is 11.6 Å². The van der Waals surface area contributed by atoms with E-state index in [9.17, 15) is 0 Å². The quantitative estimate of drug-likeness (QED) is 0.703. The molecule has 0 atom stereocenters. The van der Waals surface area contributed by atoms with E-state index < -0.39 is 0 Å². The minimum Gasteiger partial charge on any atom is -0.485 e. The summed E-state index contributed by atoms with van der Waals surface area (Å²) in [7, 11) is 0. The normalized spacial score (nSPS) is 13.0. The number of nitrogens with zero attached hydrogens (tertiary/aromatic N) is 2. The van der Waals surface area contributed by atoms with Crippen LogP contribution in [0.3, 0.4) is 0 Å². The van der Waals surface area contributed by atoms with Gasteiger partial charge in [-0.25, -0.2) is 9.97 Å². The first-order valence-corrected chi connectivity index (χ1v) is 7.96. The molecule has 1 aliphatic heterocycles. The van der Waals surface area contributed by atoms with Gasteiger partial charge in [0.15, 0.2) is 11.5 Å². The van der Waals surface area contributed by atoms with Crippen molar-refractivity contribution in [3.05, 3.63) is 35.7 Å². The van der Waals surface area contributed by atoms with Crippen LogP contribution < -0.4 is 20.9 Å². The SMILES string of the molecule is Nc1ccc(-c2cc(-c3scc4c3OCCO4)nc(N)n2)cc1. The van der Waals surface area contributed by atoms with E-state index in [1.54, 1.807) is 0 Å². The third-order valence-corrected chi connectivity index (χ3v) is 4.45. The van der Waals surface area contributed by atoms with Crippen molar-refractivity contribution in [1.29, 1.82) is 0 Å². The van der Waals surface area contributed by atoms with Crippen molar-refractivity contribution < 1.29 is 9.47 Å². The molecule has 4 rings (SSSR count). The molecule has 6 nitrogen and oxygen atoms in total. The Labute approximate surface area is 136 Å². The molecule has 23 heavy (non-hydrogen) atoms. The number of hydrogen-bond donors (Lipinski definition) is 2. The summed E-state index contributed by atoms with van der Waals surface area (Å²) in [5, 5.41) is 1.92. The lowest BCUT2D eigenvalue weighted by atomic mass is 10.1. The molecule has 1 aromatic carbocycles. The van der Waals surface area contributed by atoms with Crippen LogP contribution in [0, 0.1) is 0 Å². The molecule has 116 valence electrons. The highest BCUT2D eigenvalue weighted by atomic mass is 32.1. The van der Waals surface area contributed by atoms with Crippen molar-refractivity contribution in [1.82, 2.24) is 9.97 Å². The smallest absolute Gasteiger partial charge is 0.221 e. The summed E-state index contributed by atoms with van der Waals surface area (Å²) in [4.78, 5) is 9.55. The zero-order valence-electron chi connectivity index (χ0n) is 12.2. The molecule has 0 bridgehead atoms. The van der Waals surface area contributed by atoms with Crippen molar-refractivity contribution in [3.63, 3.8) is 0 Å². The average Bonchev–Trinajstić information content (AvgIpc) is 2.99. The van der Waals surface area contributed by atoms with Crippen molar-refractivity contribution >= 4 is 23.0 Å². The lowest BCUT2D eigenvalue weighted by Crippen LogP contribution is -2.14. The first-order chi connectivity index (χ1) is 11.2. The molecule has 0 fully saturated rings. The van der Waals surface area contributed by atoms with Gasteiger partial charge < -0.3 is 20.9 Å². The second kappa shape index (κ2) is 5.44. The number of rotatable bonds is 2. The number of nitrogen functional groups attached to an aromatic ring is 2. The first-order valence-electron chi connectivity index (χ1n) is 7.08. The predicted octanol–water partition coefficient (Wildman–Crippen LogP) is 2.81. The minimum atomic E-state index is 0.216. The molecule has 3 heterocycles. The van der Waals surface area contributed by atoms with E-state index in [0.29, 0.717) is 18.9 Å². The molecule has 0 aliphatic carbocycles. The second-order valence-electron chi connectivity index (χ2n) is 5.07. The summed E-state index contributed by atoms with van der Waals surface area (Å²) in [5.74, 6) is 1.69. The molecule has 3 aromatic rings. The fraction of sp³-hybridized carbons (Fsp3) is 0.125. The second-order valence-corrected chi connectivity index (χ2v) is 5.95. The largest absolute Gasteiger partial charge is 0.485 e. The summed E-state index contributed by atoms with van der Waals surface area (Å²) >= 11 is 1.52. The van der Waals surface area contributed by atoms with E-state index in [1.165, 1.54) is 11.3 Å². The topological polar surface area (TPSA) is 96.3 Å². The molecule has 0 unspecified atom stereocenters. The summed E-state index contributed by atoms with van der Waals surface area (Å²) in [6, 6.07) is 9.37. The van der Waals surface area contributed by atoms with Gasteiger partial charge in [-0.3, -0.25) is 0 Å². The predicted molar refractivity (Wildman–Crippen MR) is 90.6 cm³/mol. The van der Waals surface area contributed by atoms with Gasteiger partial charge in [-0.2, -0.15) is 0 Å². The molecule has 0 amide bonds. The molecule has 0 saturated carbocycles. The number of hydrogen-bond acceptors (Lipinski definition) is 7. The van der Waals surface area contributed by atoms with E-state index in [0.717, 1.165) is 33.3 Å². The Morgan fingerprint density at radius 1 is 0.957 bits per heavy atom. The molecule has 4 N–H and O–H groups in total. The zero-order chi connectivity index (χ0) is 15.8. The van der Waals surface area contributed by atoms with Gasteiger partial charge >= 0.3 is 0 Å². The number of anilines is 2. The third-order valence-electron chi connectivity index (χ3n) is 3.48. The fourth-order valence-corrected chi connectivity index (χ4v) is 3.32. The summed E-state index contributed by atoms with van der Waals surface area (Å²) < 4.78 is 11.3. The third kappa shape index (κ3) is 2.55. The maximum Gasteiger partial charge on any atom is 0.221 e. The molecule has 1 aliphatic rings. The van der Waals surface area contributed by atoms with Gasteiger partial charge in [-0.15, -0.1) is 11.3 Å². The number of benzene rings is 1. The van der Waals surface area contributed by atoms with Gasteiger partial charge in [0.1, 0.15) is 13.2 Å². The van der Waals surface area contributed by atoms with Crippen molar-refractivity contribution in [2.75, 3.05) is 24.7 Å². The Balaban J connectivity index is 1.81. The monoisotopic (exact) mass is 326 g/mol. The van der Waals surface area contributed by atoms with Crippen LogP contribution >= 0.6 is 11.3 Å². The highest BCUT2D eigenvalue weighted by Crippen LogP contribution is 2.45. The lowest BCUT2D eigenvalue weighted by Gasteiger charge is -2.16. The van der Waals surface area contributed by atoms with Gasteiger partial charge in [0.2, 0.25) is 5.95 Å². The van der Waals surface area contributed by atoms with Crippen molar-refractivity contribution in [2.24, 2.45) is 0 Å². The number of aromatic nitrogens is 2. The molecule has 0 saturated heterocycles. The van der Waals surface area contributed by atoms with Crippen molar-refractivity contribution in [2.45, 2.75) is 0 Å². The molecule has 2 aromatic heterocycles. The summed E-state index contributed by atoms with van der Waals surface area (Å²) in [5.41, 5.74) is 14.7. The van der Waals surface area contributed by atoms with E-state index in [1.807, 2.05) is 35.7 Å². The standard InChI is InChI=1S/C16H14N4O2S/c17-10-3-1-9(2-4-10)11-7-12(20-16(18)19-11)15-14-13(8-23-15)21-5-6-22-14/h1-4,7-8H,5-6,17H2,(H2,18,19,20). The highest BCUT2D eigenvalue weighted by Gasteiger charge is 2.21. The van der Waals surface area contributed by atoms with Gasteiger partial charge in [0, 0.05) is 16.6 Å². The molecular weight excluding hydrogens is 312 g/mol. The van der Waals surface area contributed by atoms with Crippen LogP contribution in [-0.2, 0) is 0 Å². The summed E-state index contributed by atoms with van der Waals surface area (Å²) in [6.45, 7) is 1.09. The van der Waals surface area contributed by atoms with Crippen LogP contribution in [0.2, 0.25) is 0 Å². The number of ether oxygens (including phenoxy) is 2. The Hall–Kier alpha value is -2.80. The van der Waals surface area contributed by atoms with Crippen LogP contribution in [0.1, 0.15) is 0 Å². The maximum atomic E-state index is 5.89. The van der Waals surface area contributed by atoms with Crippen molar-refractivity contribution in [3.8, 4) is 33.3 Å². The lowest BCUT2D eigenvalue weighted by molar-refractivity contribution is 0.174. The fourth-order valence-electron chi connectivity index (χ4n) is 2.42. The maximum absolute atomic E-state index is 5.89. The van der Waals surface area contributed by atoms with Crippen LogP contribution in [0.25, 0.3) is 21.8 Å². The molecule has 0 radical (unpaired) electrons. The Morgan fingerprint density at radius 2 is 1.70 bits per heavy atom. The molecule has 0 spiro atoms. The van der Waals surface area contributed by atoms with Gasteiger partial charge in [0.05, 0.1) is 16.3 Å². The van der Waals surface area contributed by atoms with E-state index in [-0.39, 0.29) is 5.95 Å². The average molecular weight is 326 g/mol. The van der Waals surface area contributed by atoms with E-state index in [2.05, 4.69) is 9.97 Å². The van der Waals surface area contributed by atoms with Crippen LogP contribution in [0.5, 0.6) is 11.5 Å². The van der Waals surface area contributed by atoms with Gasteiger partial charge in [-0.1, -0.05) is 12.1 Å². The molecule has 7 heteroatoms. The number of thiophene rings is 1.